The molecule has 0 aliphatic carbocycles. The first kappa shape index (κ1) is 20.6. The van der Waals surface area contributed by atoms with Gasteiger partial charge in [0.1, 0.15) is 5.37 Å². The van der Waals surface area contributed by atoms with Crippen molar-refractivity contribution in [1.82, 2.24) is 15.2 Å². The molecule has 1 atom stereocenters. The van der Waals surface area contributed by atoms with E-state index in [4.69, 9.17) is 0 Å². The Balaban J connectivity index is 1.40. The van der Waals surface area contributed by atoms with Crippen LogP contribution in [0.2, 0.25) is 0 Å². The lowest BCUT2D eigenvalue weighted by Gasteiger charge is -2.24. The van der Waals surface area contributed by atoms with E-state index in [-0.39, 0.29) is 17.2 Å². The van der Waals surface area contributed by atoms with Crippen LogP contribution in [0.1, 0.15) is 39.7 Å². The summed E-state index contributed by atoms with van der Waals surface area (Å²) in [5.41, 5.74) is 6.43. The maximum Gasteiger partial charge on any atom is 0.271 e. The van der Waals surface area contributed by atoms with Gasteiger partial charge in [0.2, 0.25) is 5.91 Å². The Labute approximate surface area is 181 Å². The molecule has 6 nitrogen and oxygen atoms in total. The number of hydrogen-bond donors (Lipinski definition) is 1. The smallest absolute Gasteiger partial charge is 0.271 e. The van der Waals surface area contributed by atoms with E-state index in [1.54, 1.807) is 11.8 Å². The molecule has 2 aromatic rings. The van der Waals surface area contributed by atoms with Crippen molar-refractivity contribution in [3.05, 3.63) is 71.3 Å². The zero-order valence-electron chi connectivity index (χ0n) is 17.1. The van der Waals surface area contributed by atoms with E-state index >= 15 is 0 Å². The number of nitrogens with zero attached hydrogens (tertiary/aromatic N) is 3. The molecule has 7 heteroatoms. The summed E-state index contributed by atoms with van der Waals surface area (Å²) in [5, 5.41) is 4.26. The SMILES string of the molecule is CN1CCC(=NNC(=O)c2ccc([C@H]3SCC(=O)N3Cc3ccccc3)cc2)CC1. The van der Waals surface area contributed by atoms with Crippen LogP contribution in [0.5, 0.6) is 0 Å². The van der Waals surface area contributed by atoms with Crippen LogP contribution in [-0.4, -0.2) is 53.2 Å². The minimum absolute atomic E-state index is 0.0331. The van der Waals surface area contributed by atoms with Gasteiger partial charge in [-0.25, -0.2) is 5.43 Å². The third-order valence-corrected chi connectivity index (χ3v) is 6.76. The van der Waals surface area contributed by atoms with Crippen LogP contribution in [0.25, 0.3) is 0 Å². The molecule has 156 valence electrons. The van der Waals surface area contributed by atoms with Crippen LogP contribution in [-0.2, 0) is 11.3 Å². The molecular formula is C23H26N4O2S. The summed E-state index contributed by atoms with van der Waals surface area (Å²) in [6.45, 7) is 2.54. The van der Waals surface area contributed by atoms with Gasteiger partial charge in [0.15, 0.2) is 0 Å². The molecule has 0 spiro atoms. The number of thioether (sulfide) groups is 1. The molecule has 0 unspecified atom stereocenters. The second-order valence-corrected chi connectivity index (χ2v) is 8.78. The van der Waals surface area contributed by atoms with Gasteiger partial charge in [-0.05, 0) is 30.3 Å². The summed E-state index contributed by atoms with van der Waals surface area (Å²) in [6, 6.07) is 17.5. The van der Waals surface area contributed by atoms with Gasteiger partial charge in [-0.2, -0.15) is 5.10 Å². The van der Waals surface area contributed by atoms with Crippen molar-refractivity contribution in [3.63, 3.8) is 0 Å². The maximum atomic E-state index is 12.4. The largest absolute Gasteiger partial charge is 0.322 e. The number of hydrazone groups is 1. The predicted octanol–water partition coefficient (Wildman–Crippen LogP) is 3.27. The Morgan fingerprint density at radius 1 is 1.10 bits per heavy atom. The quantitative estimate of drug-likeness (QED) is 0.751. The molecule has 0 bridgehead atoms. The third-order valence-electron chi connectivity index (χ3n) is 5.50. The van der Waals surface area contributed by atoms with Gasteiger partial charge in [0.05, 0.1) is 5.75 Å². The number of carbonyl (C=O) groups is 2. The first-order valence-electron chi connectivity index (χ1n) is 10.2. The zero-order valence-corrected chi connectivity index (χ0v) is 17.9. The standard InChI is InChI=1S/C23H26N4O2S/c1-26-13-11-20(12-14-26)24-25-22(29)18-7-9-19(10-8-18)23-27(21(28)16-30-23)15-17-5-3-2-4-6-17/h2-10,23H,11-16H2,1H3,(H,25,29)/t23-/m1/s1. The summed E-state index contributed by atoms with van der Waals surface area (Å²) >= 11 is 1.62. The lowest BCUT2D eigenvalue weighted by molar-refractivity contribution is -0.128. The second-order valence-electron chi connectivity index (χ2n) is 7.71. The van der Waals surface area contributed by atoms with Crippen LogP contribution in [0.4, 0.5) is 0 Å². The number of nitrogens with one attached hydrogen (secondary N) is 1. The van der Waals surface area contributed by atoms with Gasteiger partial charge in [-0.1, -0.05) is 42.5 Å². The van der Waals surface area contributed by atoms with Crippen LogP contribution in [0.3, 0.4) is 0 Å². The summed E-state index contributed by atoms with van der Waals surface area (Å²) in [5.74, 6) is 0.417. The molecule has 2 aromatic carbocycles. The number of carbonyl (C=O) groups excluding carboxylic acids is 2. The van der Waals surface area contributed by atoms with Gasteiger partial charge < -0.3 is 9.80 Å². The lowest BCUT2D eigenvalue weighted by Crippen LogP contribution is -2.32. The highest BCUT2D eigenvalue weighted by Crippen LogP contribution is 2.39. The molecule has 2 amide bonds. The molecule has 2 fully saturated rings. The van der Waals surface area contributed by atoms with E-state index in [1.807, 2.05) is 59.5 Å². The molecule has 0 radical (unpaired) electrons. The molecule has 4 rings (SSSR count). The van der Waals surface area contributed by atoms with Gasteiger partial charge in [-0.15, -0.1) is 11.8 Å². The van der Waals surface area contributed by atoms with Crippen molar-refractivity contribution in [3.8, 4) is 0 Å². The van der Waals surface area contributed by atoms with Crippen molar-refractivity contribution < 1.29 is 9.59 Å². The van der Waals surface area contributed by atoms with E-state index in [2.05, 4.69) is 22.5 Å². The maximum absolute atomic E-state index is 12.4. The monoisotopic (exact) mass is 422 g/mol. The fourth-order valence-corrected chi connectivity index (χ4v) is 4.85. The Bertz CT molecular complexity index is 920. The van der Waals surface area contributed by atoms with Crippen molar-refractivity contribution >= 4 is 29.3 Å². The van der Waals surface area contributed by atoms with Gasteiger partial charge >= 0.3 is 0 Å². The second kappa shape index (κ2) is 9.45. The van der Waals surface area contributed by atoms with Gasteiger partial charge in [-0.3, -0.25) is 9.59 Å². The molecule has 2 aliphatic heterocycles. The number of likely N-dealkylation sites (tertiary alicyclic amines) is 1. The molecule has 30 heavy (non-hydrogen) atoms. The van der Waals surface area contributed by atoms with E-state index in [0.29, 0.717) is 17.9 Å². The van der Waals surface area contributed by atoms with Crippen LogP contribution < -0.4 is 5.43 Å². The summed E-state index contributed by atoms with van der Waals surface area (Å²) in [4.78, 5) is 29.0. The highest BCUT2D eigenvalue weighted by Gasteiger charge is 2.32. The van der Waals surface area contributed by atoms with E-state index in [1.165, 1.54) is 0 Å². The number of amides is 2. The highest BCUT2D eigenvalue weighted by atomic mass is 32.2. The Hall–Kier alpha value is -2.64. The average Bonchev–Trinajstić information content (AvgIpc) is 3.14. The summed E-state index contributed by atoms with van der Waals surface area (Å²) < 4.78 is 0. The predicted molar refractivity (Wildman–Crippen MR) is 120 cm³/mol. The van der Waals surface area contributed by atoms with Crippen molar-refractivity contribution in [2.75, 3.05) is 25.9 Å². The minimum Gasteiger partial charge on any atom is -0.322 e. The van der Waals surface area contributed by atoms with E-state index in [9.17, 15) is 9.59 Å². The van der Waals surface area contributed by atoms with Gasteiger partial charge in [0.25, 0.3) is 5.91 Å². The van der Waals surface area contributed by atoms with Crippen LogP contribution in [0.15, 0.2) is 59.7 Å². The number of benzene rings is 2. The van der Waals surface area contributed by atoms with Crippen molar-refractivity contribution in [1.29, 1.82) is 0 Å². The van der Waals surface area contributed by atoms with Crippen LogP contribution in [0, 0.1) is 0 Å². The normalized spacial score (nSPS) is 19.8. The summed E-state index contributed by atoms with van der Waals surface area (Å²) in [6.07, 6.45) is 1.78. The Kier molecular flexibility index (Phi) is 6.50. The molecule has 2 saturated heterocycles. The Morgan fingerprint density at radius 3 is 2.50 bits per heavy atom. The minimum atomic E-state index is -0.204. The van der Waals surface area contributed by atoms with E-state index in [0.717, 1.165) is 42.8 Å². The van der Waals surface area contributed by atoms with E-state index < -0.39 is 0 Å². The average molecular weight is 423 g/mol. The molecule has 0 saturated carbocycles. The number of piperidine rings is 1. The molecule has 2 aliphatic rings. The summed E-state index contributed by atoms with van der Waals surface area (Å²) in [7, 11) is 2.09. The van der Waals surface area contributed by atoms with Gasteiger partial charge in [0, 0.05) is 43.8 Å². The Morgan fingerprint density at radius 2 is 1.80 bits per heavy atom. The first-order valence-corrected chi connectivity index (χ1v) is 11.2. The molecule has 0 aromatic heterocycles. The third kappa shape index (κ3) is 4.91. The van der Waals surface area contributed by atoms with Crippen molar-refractivity contribution in [2.45, 2.75) is 24.8 Å². The fourth-order valence-electron chi connectivity index (χ4n) is 3.66. The molecule has 1 N–H and O–H groups in total. The molecule has 2 heterocycles. The highest BCUT2D eigenvalue weighted by molar-refractivity contribution is 8.00. The first-order chi connectivity index (χ1) is 14.6. The number of hydrogen-bond acceptors (Lipinski definition) is 5. The number of rotatable bonds is 5. The van der Waals surface area contributed by atoms with Crippen molar-refractivity contribution in [2.24, 2.45) is 5.10 Å². The zero-order chi connectivity index (χ0) is 20.9. The fraction of sp³-hybridized carbons (Fsp3) is 0.348. The topological polar surface area (TPSA) is 65.0 Å². The lowest BCUT2D eigenvalue weighted by atomic mass is 10.1. The molecular weight excluding hydrogens is 396 g/mol. The van der Waals surface area contributed by atoms with Crippen LogP contribution >= 0.6 is 11.8 Å².